The number of morpholine rings is 1. The number of ether oxygens (including phenoxy) is 1. The summed E-state index contributed by atoms with van der Waals surface area (Å²) in [6.45, 7) is 14.0. The van der Waals surface area contributed by atoms with Crippen molar-refractivity contribution in [1.29, 1.82) is 0 Å². The van der Waals surface area contributed by atoms with E-state index in [1.54, 1.807) is 0 Å². The molecule has 5 atom stereocenters. The normalized spacial score (nSPS) is 28.8. The fraction of sp³-hybridized carbons (Fsp3) is 0.400. The lowest BCUT2D eigenvalue weighted by molar-refractivity contribution is -0.131. The number of allylic oxidation sites excluding steroid dienone is 4. The summed E-state index contributed by atoms with van der Waals surface area (Å²) in [6.07, 6.45) is 10.3. The van der Waals surface area contributed by atoms with Crippen molar-refractivity contribution >= 4 is 18.1 Å². The van der Waals surface area contributed by atoms with E-state index in [0.29, 0.717) is 31.0 Å². The number of benzene rings is 1. The van der Waals surface area contributed by atoms with Gasteiger partial charge in [0, 0.05) is 18.2 Å². The van der Waals surface area contributed by atoms with Crippen molar-refractivity contribution in [2.75, 3.05) is 19.8 Å². The first kappa shape index (κ1) is 19.7. The number of hydrogen-bond donors (Lipinski definition) is 1. The molecule has 4 heteroatoms. The van der Waals surface area contributed by atoms with Gasteiger partial charge in [-0.3, -0.25) is 4.79 Å². The molecule has 1 amide bonds. The highest BCUT2D eigenvalue weighted by atomic mass is 16.5. The number of nitrogens with one attached hydrogen (secondary N) is 1. The fourth-order valence-corrected chi connectivity index (χ4v) is 4.85. The first-order chi connectivity index (χ1) is 14.1. The molecule has 1 saturated carbocycles. The number of carbonyl (C=O) groups is 1. The van der Waals surface area contributed by atoms with Gasteiger partial charge < -0.3 is 15.0 Å². The summed E-state index contributed by atoms with van der Waals surface area (Å²) in [5.74, 6) is 1.83. The van der Waals surface area contributed by atoms with Crippen molar-refractivity contribution in [2.24, 2.45) is 17.8 Å². The number of hydrogen-bond acceptors (Lipinski definition) is 3. The minimum atomic E-state index is -0.299. The van der Waals surface area contributed by atoms with Gasteiger partial charge in [0.25, 0.3) is 0 Å². The standard InChI is InChI=1S/C25H30N2O2/c1-5-18-9-7-11-21(19(18)6-2)17(4)26-25(28)23-15-29-14-13-27(23)22-12-8-10-20-16(3)24(20)22/h5-12,16-17,20,23-24H,1-2,13-15H2,3-4H3,(H,26,28)/t16?,17-,20?,23?,24?/m1/s1. The zero-order valence-corrected chi connectivity index (χ0v) is 17.3. The molecule has 1 aliphatic heterocycles. The molecule has 4 nitrogen and oxygen atoms in total. The fourth-order valence-electron chi connectivity index (χ4n) is 4.85. The molecular weight excluding hydrogens is 360 g/mol. The van der Waals surface area contributed by atoms with E-state index in [4.69, 9.17) is 4.74 Å². The summed E-state index contributed by atoms with van der Waals surface area (Å²) in [5, 5.41) is 3.21. The number of amides is 1. The molecule has 2 fully saturated rings. The minimum absolute atomic E-state index is 0.0107. The molecule has 1 heterocycles. The van der Waals surface area contributed by atoms with Crippen molar-refractivity contribution in [3.63, 3.8) is 0 Å². The Morgan fingerprint density at radius 2 is 2.17 bits per heavy atom. The van der Waals surface area contributed by atoms with E-state index >= 15 is 0 Å². The van der Waals surface area contributed by atoms with Crippen LogP contribution < -0.4 is 5.32 Å². The molecule has 4 rings (SSSR count). The SMILES string of the molecule is C=Cc1cccc([C@@H](C)NC(=O)C2COCCN2C2=CC=CC3C(C)C23)c1C=C. The first-order valence-corrected chi connectivity index (χ1v) is 10.5. The average Bonchev–Trinajstić information content (AvgIpc) is 3.43. The third-order valence-corrected chi connectivity index (χ3v) is 6.57. The second-order valence-electron chi connectivity index (χ2n) is 8.21. The zero-order chi connectivity index (χ0) is 20.5. The van der Waals surface area contributed by atoms with Gasteiger partial charge in [0.1, 0.15) is 6.04 Å². The molecule has 1 N–H and O–H groups in total. The van der Waals surface area contributed by atoms with Crippen LogP contribution in [0.15, 0.2) is 55.3 Å². The molecular formula is C25H30N2O2. The van der Waals surface area contributed by atoms with E-state index < -0.39 is 0 Å². The van der Waals surface area contributed by atoms with Gasteiger partial charge in [0.2, 0.25) is 5.91 Å². The van der Waals surface area contributed by atoms with Crippen molar-refractivity contribution in [3.05, 3.63) is 72.0 Å². The lowest BCUT2D eigenvalue weighted by atomic mass is 9.96. The summed E-state index contributed by atoms with van der Waals surface area (Å²) >= 11 is 0. The van der Waals surface area contributed by atoms with Gasteiger partial charge >= 0.3 is 0 Å². The van der Waals surface area contributed by atoms with E-state index in [9.17, 15) is 4.79 Å². The Hall–Kier alpha value is -2.59. The zero-order valence-electron chi connectivity index (χ0n) is 17.3. The number of rotatable bonds is 6. The summed E-state index contributed by atoms with van der Waals surface area (Å²) in [6, 6.07) is 5.61. The Balaban J connectivity index is 1.53. The molecule has 2 aliphatic carbocycles. The molecule has 3 aliphatic rings. The van der Waals surface area contributed by atoms with Crippen LogP contribution in [-0.4, -0.2) is 36.6 Å². The molecule has 4 unspecified atom stereocenters. The van der Waals surface area contributed by atoms with E-state index in [-0.39, 0.29) is 18.0 Å². The first-order valence-electron chi connectivity index (χ1n) is 10.5. The lowest BCUT2D eigenvalue weighted by Crippen LogP contribution is -2.54. The van der Waals surface area contributed by atoms with Gasteiger partial charge in [-0.25, -0.2) is 0 Å². The average molecular weight is 391 g/mol. The second kappa shape index (κ2) is 8.03. The summed E-state index contributed by atoms with van der Waals surface area (Å²) in [5.41, 5.74) is 4.38. The van der Waals surface area contributed by atoms with Crippen molar-refractivity contribution < 1.29 is 9.53 Å². The van der Waals surface area contributed by atoms with E-state index in [2.05, 4.69) is 48.5 Å². The van der Waals surface area contributed by atoms with Crippen LogP contribution in [0.2, 0.25) is 0 Å². The van der Waals surface area contributed by atoms with Gasteiger partial charge in [0.15, 0.2) is 0 Å². The van der Waals surface area contributed by atoms with Crippen LogP contribution in [0.5, 0.6) is 0 Å². The van der Waals surface area contributed by atoms with Crippen molar-refractivity contribution in [3.8, 4) is 0 Å². The van der Waals surface area contributed by atoms with Gasteiger partial charge in [-0.05, 0) is 41.5 Å². The third kappa shape index (κ3) is 3.58. The molecule has 1 saturated heterocycles. The number of carbonyl (C=O) groups excluding carboxylic acids is 1. The molecule has 1 aromatic carbocycles. The number of nitrogens with zero attached hydrogens (tertiary/aromatic N) is 1. The highest BCUT2D eigenvalue weighted by Crippen LogP contribution is 2.54. The Kier molecular flexibility index (Phi) is 5.46. The van der Waals surface area contributed by atoms with Gasteiger partial charge in [-0.2, -0.15) is 0 Å². The molecule has 0 spiro atoms. The highest BCUT2D eigenvalue weighted by Gasteiger charge is 2.51. The van der Waals surface area contributed by atoms with Gasteiger partial charge in [0.05, 0.1) is 19.3 Å². The Morgan fingerprint density at radius 1 is 1.34 bits per heavy atom. The van der Waals surface area contributed by atoms with Gasteiger partial charge in [-0.1, -0.05) is 62.6 Å². The highest BCUT2D eigenvalue weighted by molar-refractivity contribution is 5.83. The predicted octanol–water partition coefficient (Wildman–Crippen LogP) is 4.19. The summed E-state index contributed by atoms with van der Waals surface area (Å²) < 4.78 is 5.69. The summed E-state index contributed by atoms with van der Waals surface area (Å²) in [7, 11) is 0. The Labute approximate surface area is 173 Å². The van der Waals surface area contributed by atoms with Crippen LogP contribution in [0.3, 0.4) is 0 Å². The third-order valence-electron chi connectivity index (χ3n) is 6.57. The topological polar surface area (TPSA) is 41.6 Å². The molecule has 29 heavy (non-hydrogen) atoms. The maximum absolute atomic E-state index is 13.3. The molecule has 0 radical (unpaired) electrons. The molecule has 1 aromatic rings. The minimum Gasteiger partial charge on any atom is -0.377 e. The second-order valence-corrected chi connectivity index (χ2v) is 8.21. The molecule has 0 bridgehead atoms. The van der Waals surface area contributed by atoms with E-state index in [0.717, 1.165) is 23.2 Å². The smallest absolute Gasteiger partial charge is 0.245 e. The van der Waals surface area contributed by atoms with E-state index in [1.807, 2.05) is 37.3 Å². The maximum Gasteiger partial charge on any atom is 0.245 e. The van der Waals surface area contributed by atoms with Crippen LogP contribution >= 0.6 is 0 Å². The van der Waals surface area contributed by atoms with Crippen LogP contribution in [0.1, 0.15) is 36.6 Å². The van der Waals surface area contributed by atoms with Gasteiger partial charge in [-0.15, -0.1) is 0 Å². The number of fused-ring (bicyclic) bond motifs is 1. The Morgan fingerprint density at radius 3 is 2.93 bits per heavy atom. The monoisotopic (exact) mass is 390 g/mol. The van der Waals surface area contributed by atoms with Crippen LogP contribution in [0.4, 0.5) is 0 Å². The predicted molar refractivity (Wildman–Crippen MR) is 118 cm³/mol. The largest absolute Gasteiger partial charge is 0.377 e. The van der Waals surface area contributed by atoms with Crippen molar-refractivity contribution in [2.45, 2.75) is 25.9 Å². The molecule has 0 aromatic heterocycles. The maximum atomic E-state index is 13.3. The van der Waals surface area contributed by atoms with Crippen LogP contribution in [-0.2, 0) is 9.53 Å². The Bertz CT molecular complexity index is 885. The summed E-state index contributed by atoms with van der Waals surface area (Å²) in [4.78, 5) is 15.5. The van der Waals surface area contributed by atoms with Crippen LogP contribution in [0, 0.1) is 17.8 Å². The van der Waals surface area contributed by atoms with E-state index in [1.165, 1.54) is 5.70 Å². The quantitative estimate of drug-likeness (QED) is 0.792. The van der Waals surface area contributed by atoms with Crippen LogP contribution in [0.25, 0.3) is 12.2 Å². The molecule has 152 valence electrons. The lowest BCUT2D eigenvalue weighted by Gasteiger charge is -2.39. The van der Waals surface area contributed by atoms with Crippen molar-refractivity contribution in [1.82, 2.24) is 10.2 Å².